The van der Waals surface area contributed by atoms with Crippen molar-refractivity contribution < 1.29 is 10.2 Å². The first kappa shape index (κ1) is 13.5. The van der Waals surface area contributed by atoms with Gasteiger partial charge in [0.15, 0.2) is 5.65 Å². The van der Waals surface area contributed by atoms with E-state index in [1.807, 2.05) is 11.5 Å². The van der Waals surface area contributed by atoms with Gasteiger partial charge in [-0.25, -0.2) is 15.0 Å². The molecule has 3 rings (SSSR count). The number of hydrogen-bond acceptors (Lipinski definition) is 5. The van der Waals surface area contributed by atoms with Crippen LogP contribution < -0.4 is 0 Å². The van der Waals surface area contributed by atoms with Crippen molar-refractivity contribution in [3.63, 3.8) is 0 Å². The molecule has 1 aliphatic carbocycles. The summed E-state index contributed by atoms with van der Waals surface area (Å²) in [5.41, 5.74) is 2.49. The fourth-order valence-corrected chi connectivity index (χ4v) is 3.06. The molecule has 0 saturated heterocycles. The number of aliphatic hydroxyl groups is 2. The minimum absolute atomic E-state index is 0.0735. The fraction of sp³-hybridized carbons (Fsp3) is 0.643. The quantitative estimate of drug-likeness (QED) is 0.876. The van der Waals surface area contributed by atoms with Gasteiger partial charge in [-0.2, -0.15) is 0 Å². The van der Waals surface area contributed by atoms with Gasteiger partial charge in [0.2, 0.25) is 0 Å². The van der Waals surface area contributed by atoms with E-state index in [2.05, 4.69) is 21.9 Å². The third-order valence-electron chi connectivity index (χ3n) is 4.22. The molecule has 108 valence electrons. The summed E-state index contributed by atoms with van der Waals surface area (Å²) in [6.07, 6.45) is 4.38. The molecule has 0 bridgehead atoms. The van der Waals surface area contributed by atoms with Gasteiger partial charge < -0.3 is 14.8 Å². The van der Waals surface area contributed by atoms with Crippen LogP contribution in [-0.4, -0.2) is 41.9 Å². The van der Waals surface area contributed by atoms with E-state index < -0.39 is 12.2 Å². The lowest BCUT2D eigenvalue weighted by atomic mass is 10.1. The van der Waals surface area contributed by atoms with Gasteiger partial charge in [0.1, 0.15) is 17.9 Å². The van der Waals surface area contributed by atoms with Crippen LogP contribution in [0.4, 0.5) is 0 Å². The Kier molecular flexibility index (Phi) is 3.43. The summed E-state index contributed by atoms with van der Waals surface area (Å²) in [7, 11) is 0. The number of fused-ring (bicyclic) bond motifs is 1. The molecule has 2 N–H and O–H groups in total. The molecular weight excluding hydrogens is 256 g/mol. The van der Waals surface area contributed by atoms with E-state index in [4.69, 9.17) is 0 Å². The lowest BCUT2D eigenvalue weighted by Gasteiger charge is -2.18. The van der Waals surface area contributed by atoms with Crippen LogP contribution in [0.2, 0.25) is 0 Å². The van der Waals surface area contributed by atoms with Crippen molar-refractivity contribution in [2.45, 2.75) is 51.4 Å². The number of aliphatic hydroxyl groups excluding tert-OH is 2. The number of rotatable bonds is 3. The molecule has 4 atom stereocenters. The third kappa shape index (κ3) is 1.99. The molecule has 0 spiro atoms. The average Bonchev–Trinajstić information content (AvgIpc) is 2.97. The molecule has 1 fully saturated rings. The zero-order valence-corrected chi connectivity index (χ0v) is 11.8. The van der Waals surface area contributed by atoms with Gasteiger partial charge in [0.25, 0.3) is 0 Å². The predicted molar refractivity (Wildman–Crippen MR) is 74.1 cm³/mol. The van der Waals surface area contributed by atoms with Gasteiger partial charge in [-0.3, -0.25) is 0 Å². The fourth-order valence-electron chi connectivity index (χ4n) is 3.06. The Balaban J connectivity index is 2.03. The Morgan fingerprint density at radius 2 is 2.05 bits per heavy atom. The molecule has 0 radical (unpaired) electrons. The Hall–Kier alpha value is -1.53. The van der Waals surface area contributed by atoms with E-state index in [0.717, 1.165) is 36.1 Å². The van der Waals surface area contributed by atoms with Gasteiger partial charge in [-0.1, -0.05) is 20.3 Å². The Bertz CT molecular complexity index is 612. The molecule has 6 nitrogen and oxygen atoms in total. The van der Waals surface area contributed by atoms with E-state index in [1.54, 1.807) is 12.7 Å². The normalized spacial score (nSPS) is 30.2. The van der Waals surface area contributed by atoms with Crippen molar-refractivity contribution in [3.8, 4) is 0 Å². The molecule has 0 aromatic carbocycles. The van der Waals surface area contributed by atoms with E-state index >= 15 is 0 Å². The molecule has 20 heavy (non-hydrogen) atoms. The van der Waals surface area contributed by atoms with Crippen molar-refractivity contribution in [1.29, 1.82) is 0 Å². The molecule has 0 unspecified atom stereocenters. The van der Waals surface area contributed by atoms with Gasteiger partial charge in [0, 0.05) is 0 Å². The monoisotopic (exact) mass is 276 g/mol. The first-order valence-corrected chi connectivity index (χ1v) is 7.16. The van der Waals surface area contributed by atoms with Crippen molar-refractivity contribution >= 4 is 11.2 Å². The van der Waals surface area contributed by atoms with Gasteiger partial charge >= 0.3 is 0 Å². The van der Waals surface area contributed by atoms with Crippen LogP contribution in [0.5, 0.6) is 0 Å². The lowest BCUT2D eigenvalue weighted by Crippen LogP contribution is -2.28. The topological polar surface area (TPSA) is 84.1 Å². The standard InChI is InChI=1S/C14H20N4O2/c1-3-4-9-11-14(16-6-15-9)18(7-17-11)10-5-8(2)12(19)13(10)20/h6-8,10,12-13,19-20H,3-5H2,1-2H3/t8-,10-,12-,13+/m1/s1. The largest absolute Gasteiger partial charge is 0.390 e. The van der Waals surface area contributed by atoms with Gasteiger partial charge in [-0.05, 0) is 18.8 Å². The molecule has 6 heteroatoms. The van der Waals surface area contributed by atoms with Crippen LogP contribution in [-0.2, 0) is 6.42 Å². The predicted octanol–water partition coefficient (Wildman–Crippen LogP) is 1.08. The summed E-state index contributed by atoms with van der Waals surface area (Å²) in [5, 5.41) is 20.1. The minimum atomic E-state index is -0.771. The van der Waals surface area contributed by atoms with Crippen LogP contribution in [0.3, 0.4) is 0 Å². The third-order valence-corrected chi connectivity index (χ3v) is 4.22. The summed E-state index contributed by atoms with van der Waals surface area (Å²) in [6, 6.07) is -0.172. The molecule has 0 amide bonds. The second kappa shape index (κ2) is 5.10. The maximum absolute atomic E-state index is 10.2. The Labute approximate surface area is 117 Å². The summed E-state index contributed by atoms with van der Waals surface area (Å²) in [4.78, 5) is 13.0. The number of imidazole rings is 1. The van der Waals surface area contributed by atoms with Crippen molar-refractivity contribution in [3.05, 3.63) is 18.3 Å². The van der Waals surface area contributed by atoms with Crippen molar-refractivity contribution in [2.75, 3.05) is 0 Å². The molecule has 2 aromatic rings. The average molecular weight is 276 g/mol. The van der Waals surface area contributed by atoms with E-state index in [-0.39, 0.29) is 12.0 Å². The second-order valence-electron chi connectivity index (χ2n) is 5.66. The molecule has 2 aromatic heterocycles. The Morgan fingerprint density at radius 1 is 1.25 bits per heavy atom. The highest BCUT2D eigenvalue weighted by atomic mass is 16.3. The highest BCUT2D eigenvalue weighted by molar-refractivity contribution is 5.73. The highest BCUT2D eigenvalue weighted by Gasteiger charge is 2.40. The zero-order chi connectivity index (χ0) is 14.3. The second-order valence-corrected chi connectivity index (χ2v) is 5.66. The van der Waals surface area contributed by atoms with Crippen molar-refractivity contribution in [2.24, 2.45) is 5.92 Å². The van der Waals surface area contributed by atoms with Crippen LogP contribution in [0.15, 0.2) is 12.7 Å². The van der Waals surface area contributed by atoms with Crippen LogP contribution in [0, 0.1) is 5.92 Å². The molecule has 1 saturated carbocycles. The van der Waals surface area contributed by atoms with Crippen LogP contribution in [0.25, 0.3) is 11.2 Å². The van der Waals surface area contributed by atoms with E-state index in [1.165, 1.54) is 0 Å². The number of hydrogen-bond donors (Lipinski definition) is 2. The summed E-state index contributed by atoms with van der Waals surface area (Å²) < 4.78 is 1.88. The van der Waals surface area contributed by atoms with E-state index in [9.17, 15) is 10.2 Å². The molecule has 1 aliphatic rings. The lowest BCUT2D eigenvalue weighted by molar-refractivity contribution is 0.00964. The van der Waals surface area contributed by atoms with Gasteiger partial charge in [0.05, 0.1) is 24.2 Å². The highest BCUT2D eigenvalue weighted by Crippen LogP contribution is 2.36. The van der Waals surface area contributed by atoms with Crippen LogP contribution >= 0.6 is 0 Å². The maximum Gasteiger partial charge on any atom is 0.163 e. The van der Waals surface area contributed by atoms with Gasteiger partial charge in [-0.15, -0.1) is 0 Å². The zero-order valence-electron chi connectivity index (χ0n) is 11.8. The first-order chi connectivity index (χ1) is 9.63. The number of aryl methyl sites for hydroxylation is 1. The summed E-state index contributed by atoms with van der Waals surface area (Å²) in [6.45, 7) is 4.05. The number of nitrogens with zero attached hydrogens (tertiary/aromatic N) is 4. The first-order valence-electron chi connectivity index (χ1n) is 7.16. The summed E-state index contributed by atoms with van der Waals surface area (Å²) in [5.74, 6) is 0.0735. The number of aromatic nitrogens is 4. The maximum atomic E-state index is 10.2. The molecule has 0 aliphatic heterocycles. The Morgan fingerprint density at radius 3 is 2.70 bits per heavy atom. The minimum Gasteiger partial charge on any atom is -0.390 e. The van der Waals surface area contributed by atoms with E-state index in [0.29, 0.717) is 0 Å². The summed E-state index contributed by atoms with van der Waals surface area (Å²) >= 11 is 0. The van der Waals surface area contributed by atoms with Crippen LogP contribution in [0.1, 0.15) is 38.4 Å². The molecule has 2 heterocycles. The van der Waals surface area contributed by atoms with Crippen molar-refractivity contribution in [1.82, 2.24) is 19.5 Å². The smallest absolute Gasteiger partial charge is 0.163 e. The SMILES string of the molecule is CCCc1ncnc2c1ncn2[C@@H]1C[C@@H](C)[C@@H](O)[C@H]1O. The molecular formula is C14H20N4O2.